The Labute approximate surface area is 85.4 Å². The highest BCUT2D eigenvalue weighted by atomic mass is 16.5. The molecule has 1 atom stereocenters. The molecule has 0 spiro atoms. The zero-order chi connectivity index (χ0) is 10.2. The standard InChI is InChI=1S/C11H19NO2/c1-3-10(2)13-8-6-12-9-11-5-4-7-14-11/h4-5,7,10,12H,3,6,8-9H2,1-2H3. The third-order valence-corrected chi connectivity index (χ3v) is 2.14. The highest BCUT2D eigenvalue weighted by Crippen LogP contribution is 1.98. The Kier molecular flexibility index (Phi) is 5.33. The van der Waals surface area contributed by atoms with E-state index >= 15 is 0 Å². The molecule has 3 heteroatoms. The number of ether oxygens (including phenoxy) is 1. The first-order valence-electron chi connectivity index (χ1n) is 5.17. The van der Waals surface area contributed by atoms with Crippen LogP contribution in [0.2, 0.25) is 0 Å². The van der Waals surface area contributed by atoms with Crippen molar-refractivity contribution in [2.45, 2.75) is 32.9 Å². The van der Waals surface area contributed by atoms with Crippen LogP contribution in [0.5, 0.6) is 0 Å². The Morgan fingerprint density at radius 2 is 2.43 bits per heavy atom. The zero-order valence-corrected chi connectivity index (χ0v) is 8.95. The summed E-state index contributed by atoms with van der Waals surface area (Å²) in [5.41, 5.74) is 0. The molecule has 1 heterocycles. The smallest absolute Gasteiger partial charge is 0.117 e. The molecular weight excluding hydrogens is 178 g/mol. The Hall–Kier alpha value is -0.800. The summed E-state index contributed by atoms with van der Waals surface area (Å²) in [6, 6.07) is 3.86. The molecule has 1 aromatic heterocycles. The Bertz CT molecular complexity index is 221. The Morgan fingerprint density at radius 1 is 1.57 bits per heavy atom. The molecular formula is C11H19NO2. The van der Waals surface area contributed by atoms with E-state index in [1.54, 1.807) is 6.26 Å². The van der Waals surface area contributed by atoms with Crippen LogP contribution < -0.4 is 5.32 Å². The lowest BCUT2D eigenvalue weighted by Gasteiger charge is -2.10. The topological polar surface area (TPSA) is 34.4 Å². The van der Waals surface area contributed by atoms with E-state index in [4.69, 9.17) is 9.15 Å². The van der Waals surface area contributed by atoms with E-state index in [-0.39, 0.29) is 0 Å². The maximum atomic E-state index is 5.52. The van der Waals surface area contributed by atoms with Crippen molar-refractivity contribution in [3.05, 3.63) is 24.2 Å². The van der Waals surface area contributed by atoms with Gasteiger partial charge in [0.2, 0.25) is 0 Å². The molecule has 0 radical (unpaired) electrons. The molecule has 0 amide bonds. The van der Waals surface area contributed by atoms with Gasteiger partial charge in [0.15, 0.2) is 0 Å². The first-order valence-corrected chi connectivity index (χ1v) is 5.17. The minimum Gasteiger partial charge on any atom is -0.468 e. The SMILES string of the molecule is CCC(C)OCCNCc1ccco1. The van der Waals surface area contributed by atoms with Crippen LogP contribution in [0.15, 0.2) is 22.8 Å². The average molecular weight is 197 g/mol. The van der Waals surface area contributed by atoms with Gasteiger partial charge in [0.05, 0.1) is 25.5 Å². The van der Waals surface area contributed by atoms with Gasteiger partial charge in [-0.1, -0.05) is 6.92 Å². The van der Waals surface area contributed by atoms with E-state index in [9.17, 15) is 0 Å². The summed E-state index contributed by atoms with van der Waals surface area (Å²) in [5, 5.41) is 3.25. The molecule has 0 aliphatic carbocycles. The molecule has 0 fully saturated rings. The number of rotatable bonds is 7. The van der Waals surface area contributed by atoms with E-state index in [0.717, 1.165) is 31.9 Å². The highest BCUT2D eigenvalue weighted by Gasteiger charge is 1.97. The van der Waals surface area contributed by atoms with Crippen molar-refractivity contribution in [1.29, 1.82) is 0 Å². The minimum absolute atomic E-state index is 0.361. The first-order chi connectivity index (χ1) is 6.83. The van der Waals surface area contributed by atoms with Crippen LogP contribution >= 0.6 is 0 Å². The Morgan fingerprint density at radius 3 is 3.07 bits per heavy atom. The summed E-state index contributed by atoms with van der Waals surface area (Å²) < 4.78 is 10.7. The number of nitrogens with one attached hydrogen (secondary N) is 1. The van der Waals surface area contributed by atoms with Crippen LogP contribution in [0, 0.1) is 0 Å². The maximum Gasteiger partial charge on any atom is 0.117 e. The van der Waals surface area contributed by atoms with Crippen LogP contribution in [0.3, 0.4) is 0 Å². The molecule has 1 aromatic rings. The monoisotopic (exact) mass is 197 g/mol. The number of furan rings is 1. The largest absolute Gasteiger partial charge is 0.468 e. The molecule has 3 nitrogen and oxygen atoms in total. The lowest BCUT2D eigenvalue weighted by atomic mass is 10.3. The first kappa shape index (κ1) is 11.3. The normalized spacial score (nSPS) is 13.0. The predicted molar refractivity (Wildman–Crippen MR) is 56.1 cm³/mol. The molecule has 1 unspecified atom stereocenters. The maximum absolute atomic E-state index is 5.52. The van der Waals surface area contributed by atoms with Gasteiger partial charge in [0.1, 0.15) is 5.76 Å². The fourth-order valence-corrected chi connectivity index (χ4v) is 1.07. The van der Waals surface area contributed by atoms with E-state index in [1.807, 2.05) is 12.1 Å². The lowest BCUT2D eigenvalue weighted by molar-refractivity contribution is 0.0653. The number of hydrogen-bond acceptors (Lipinski definition) is 3. The van der Waals surface area contributed by atoms with Gasteiger partial charge in [-0.2, -0.15) is 0 Å². The summed E-state index contributed by atoms with van der Waals surface area (Å²) in [7, 11) is 0. The quantitative estimate of drug-likeness (QED) is 0.680. The number of hydrogen-bond donors (Lipinski definition) is 1. The minimum atomic E-state index is 0.361. The van der Waals surface area contributed by atoms with E-state index in [2.05, 4.69) is 19.2 Å². The van der Waals surface area contributed by atoms with Gasteiger partial charge < -0.3 is 14.5 Å². The third-order valence-electron chi connectivity index (χ3n) is 2.14. The summed E-state index contributed by atoms with van der Waals surface area (Å²) in [6.07, 6.45) is 3.12. The summed E-state index contributed by atoms with van der Waals surface area (Å²) in [4.78, 5) is 0. The Balaban J connectivity index is 1.95. The van der Waals surface area contributed by atoms with Crippen molar-refractivity contribution in [1.82, 2.24) is 5.32 Å². The van der Waals surface area contributed by atoms with Crippen molar-refractivity contribution in [2.24, 2.45) is 0 Å². The molecule has 0 aliphatic heterocycles. The van der Waals surface area contributed by atoms with Crippen molar-refractivity contribution in [3.8, 4) is 0 Å². The lowest BCUT2D eigenvalue weighted by Crippen LogP contribution is -2.21. The highest BCUT2D eigenvalue weighted by molar-refractivity contribution is 4.97. The summed E-state index contributed by atoms with van der Waals surface area (Å²) >= 11 is 0. The van der Waals surface area contributed by atoms with Crippen molar-refractivity contribution in [2.75, 3.05) is 13.2 Å². The zero-order valence-electron chi connectivity index (χ0n) is 8.95. The molecule has 80 valence electrons. The summed E-state index contributed by atoms with van der Waals surface area (Å²) in [5.74, 6) is 0.966. The van der Waals surface area contributed by atoms with Crippen molar-refractivity contribution >= 4 is 0 Å². The van der Waals surface area contributed by atoms with Crippen LogP contribution in [-0.4, -0.2) is 19.3 Å². The average Bonchev–Trinajstić information content (AvgIpc) is 2.69. The summed E-state index contributed by atoms with van der Waals surface area (Å²) in [6.45, 7) is 6.62. The molecule has 14 heavy (non-hydrogen) atoms. The van der Waals surface area contributed by atoms with E-state index < -0.39 is 0 Å². The fourth-order valence-electron chi connectivity index (χ4n) is 1.07. The van der Waals surface area contributed by atoms with Gasteiger partial charge >= 0.3 is 0 Å². The van der Waals surface area contributed by atoms with Gasteiger partial charge in [-0.05, 0) is 25.5 Å². The van der Waals surface area contributed by atoms with Gasteiger partial charge in [-0.25, -0.2) is 0 Å². The molecule has 0 bridgehead atoms. The van der Waals surface area contributed by atoms with Gasteiger partial charge in [0.25, 0.3) is 0 Å². The van der Waals surface area contributed by atoms with Crippen LogP contribution in [0.25, 0.3) is 0 Å². The second-order valence-electron chi connectivity index (χ2n) is 3.35. The van der Waals surface area contributed by atoms with Gasteiger partial charge in [-0.3, -0.25) is 0 Å². The van der Waals surface area contributed by atoms with Gasteiger partial charge in [0, 0.05) is 6.54 Å². The van der Waals surface area contributed by atoms with Crippen molar-refractivity contribution < 1.29 is 9.15 Å². The van der Waals surface area contributed by atoms with Crippen LogP contribution in [0.4, 0.5) is 0 Å². The molecule has 0 aliphatic rings. The molecule has 0 aromatic carbocycles. The van der Waals surface area contributed by atoms with E-state index in [0.29, 0.717) is 6.10 Å². The second kappa shape index (κ2) is 6.62. The molecule has 0 saturated heterocycles. The van der Waals surface area contributed by atoms with Crippen molar-refractivity contribution in [3.63, 3.8) is 0 Å². The van der Waals surface area contributed by atoms with Crippen LogP contribution in [-0.2, 0) is 11.3 Å². The molecule has 1 rings (SSSR count). The predicted octanol–water partition coefficient (Wildman–Crippen LogP) is 2.18. The third kappa shape index (κ3) is 4.44. The van der Waals surface area contributed by atoms with E-state index in [1.165, 1.54) is 0 Å². The molecule has 0 saturated carbocycles. The van der Waals surface area contributed by atoms with Gasteiger partial charge in [-0.15, -0.1) is 0 Å². The second-order valence-corrected chi connectivity index (χ2v) is 3.35. The fraction of sp³-hybridized carbons (Fsp3) is 0.636. The van der Waals surface area contributed by atoms with Crippen LogP contribution in [0.1, 0.15) is 26.0 Å². The molecule has 1 N–H and O–H groups in total.